The minimum absolute atomic E-state index is 0.181. The number of hydrogen-bond donors (Lipinski definition) is 2. The summed E-state index contributed by atoms with van der Waals surface area (Å²) in [5.41, 5.74) is -0.181. The zero-order chi connectivity index (χ0) is 7.98. The summed E-state index contributed by atoms with van der Waals surface area (Å²) in [6.45, 7) is 2.55. The molecule has 0 aliphatic carbocycles. The first-order chi connectivity index (χ1) is 4.68. The smallest absolute Gasteiger partial charge is 0.333 e. The van der Waals surface area contributed by atoms with Gasteiger partial charge in [-0.2, -0.15) is 11.8 Å². The monoisotopic (exact) mass is 162 g/mol. The zero-order valence-electron chi connectivity index (χ0n) is 5.54. The number of carbonyl (C=O) groups is 1. The highest BCUT2D eigenvalue weighted by molar-refractivity contribution is 8.06. The van der Waals surface area contributed by atoms with Crippen molar-refractivity contribution in [2.45, 2.75) is 0 Å². The number of carboxylic acid groups (broad SMARTS) is 1. The molecule has 0 unspecified atom stereocenters. The van der Waals surface area contributed by atoms with Crippen LogP contribution in [0.4, 0.5) is 0 Å². The molecule has 0 aromatic heterocycles. The Balaban J connectivity index is 0.000000219. The van der Waals surface area contributed by atoms with Gasteiger partial charge in [-0.1, -0.05) is 6.58 Å². The van der Waals surface area contributed by atoms with Crippen LogP contribution in [0.5, 0.6) is 0 Å². The van der Waals surface area contributed by atoms with E-state index in [2.05, 4.69) is 6.58 Å². The number of carboxylic acids is 1. The van der Waals surface area contributed by atoms with Crippen LogP contribution in [-0.2, 0) is 4.79 Å². The molecule has 2 N–H and O–H groups in total. The summed E-state index contributed by atoms with van der Waals surface area (Å²) in [6.07, 6.45) is 0. The molecule has 1 saturated heterocycles. The van der Waals surface area contributed by atoms with Crippen molar-refractivity contribution in [1.29, 1.82) is 0 Å². The molecule has 3 nitrogen and oxygen atoms in total. The van der Waals surface area contributed by atoms with Crippen LogP contribution < -0.4 is 0 Å². The molecule has 0 amide bonds. The van der Waals surface area contributed by atoms with Crippen molar-refractivity contribution in [2.75, 3.05) is 18.1 Å². The predicted octanol–water partition coefficient (Wildman–Crippen LogP) is 0.353. The maximum absolute atomic E-state index is 9.67. The predicted molar refractivity (Wildman–Crippen MR) is 41.2 cm³/mol. The third-order valence-corrected chi connectivity index (χ3v) is 1.11. The van der Waals surface area contributed by atoms with Crippen LogP contribution in [0.15, 0.2) is 12.2 Å². The third kappa shape index (κ3) is 7.52. The Labute approximate surface area is 63.7 Å². The average molecular weight is 162 g/mol. The van der Waals surface area contributed by atoms with E-state index in [1.54, 1.807) is 0 Å². The van der Waals surface area contributed by atoms with Crippen molar-refractivity contribution in [1.82, 2.24) is 0 Å². The normalized spacial score (nSPS) is 12.9. The van der Waals surface area contributed by atoms with E-state index in [1.165, 1.54) is 11.5 Å². The van der Waals surface area contributed by atoms with E-state index in [0.717, 1.165) is 0 Å². The van der Waals surface area contributed by atoms with Crippen LogP contribution in [0.2, 0.25) is 0 Å². The van der Waals surface area contributed by atoms with Crippen molar-refractivity contribution in [2.24, 2.45) is 0 Å². The van der Waals surface area contributed by atoms with Crippen LogP contribution >= 0.6 is 11.8 Å². The lowest BCUT2D eigenvalue weighted by Crippen LogP contribution is -2.01. The van der Waals surface area contributed by atoms with Gasteiger partial charge >= 0.3 is 5.97 Å². The fourth-order valence-electron chi connectivity index (χ4n) is 0.0676. The molecule has 1 aliphatic heterocycles. The van der Waals surface area contributed by atoms with E-state index in [-0.39, 0.29) is 5.57 Å². The van der Waals surface area contributed by atoms with Gasteiger partial charge in [-0.15, -0.1) is 0 Å². The lowest BCUT2D eigenvalue weighted by atomic mass is 10.3. The highest BCUT2D eigenvalue weighted by Crippen LogP contribution is 2.14. The fourth-order valence-corrected chi connectivity index (χ4v) is 0.0676. The number of aliphatic hydroxyl groups is 1. The molecule has 0 aromatic rings. The minimum Gasteiger partial charge on any atom is -0.478 e. The minimum atomic E-state index is -1.15. The summed E-state index contributed by atoms with van der Waals surface area (Å²) in [5, 5.41) is 15.9. The van der Waals surface area contributed by atoms with E-state index in [4.69, 9.17) is 10.2 Å². The lowest BCUT2D eigenvalue weighted by molar-refractivity contribution is -0.133. The maximum Gasteiger partial charge on any atom is 0.333 e. The van der Waals surface area contributed by atoms with Crippen LogP contribution in [0, 0.1) is 0 Å². The van der Waals surface area contributed by atoms with E-state index < -0.39 is 12.6 Å². The Morgan fingerprint density at radius 3 is 2.00 bits per heavy atom. The van der Waals surface area contributed by atoms with Crippen molar-refractivity contribution >= 4 is 17.7 Å². The molecule has 0 spiro atoms. The van der Waals surface area contributed by atoms with Crippen molar-refractivity contribution in [3.63, 3.8) is 0 Å². The molecular formula is C6H10O3S. The van der Waals surface area contributed by atoms with E-state index >= 15 is 0 Å². The van der Waals surface area contributed by atoms with Gasteiger partial charge in [-0.3, -0.25) is 0 Å². The quantitative estimate of drug-likeness (QED) is 0.454. The van der Waals surface area contributed by atoms with Gasteiger partial charge in [0.2, 0.25) is 0 Å². The molecule has 1 fully saturated rings. The Morgan fingerprint density at radius 1 is 1.60 bits per heavy atom. The van der Waals surface area contributed by atoms with Gasteiger partial charge in [-0.25, -0.2) is 4.79 Å². The summed E-state index contributed by atoms with van der Waals surface area (Å²) in [6, 6.07) is 0. The Bertz CT molecular complexity index is 128. The third-order valence-electron chi connectivity index (χ3n) is 0.697. The Kier molecular flexibility index (Phi) is 5.06. The topological polar surface area (TPSA) is 57.5 Å². The van der Waals surface area contributed by atoms with Gasteiger partial charge in [0, 0.05) is 11.5 Å². The second kappa shape index (κ2) is 5.32. The molecule has 0 bridgehead atoms. The first-order valence-electron chi connectivity index (χ1n) is 2.78. The van der Waals surface area contributed by atoms with Gasteiger partial charge in [0.05, 0.1) is 12.2 Å². The molecule has 10 heavy (non-hydrogen) atoms. The van der Waals surface area contributed by atoms with Crippen LogP contribution in [-0.4, -0.2) is 34.3 Å². The van der Waals surface area contributed by atoms with E-state index in [1.807, 2.05) is 11.8 Å². The first kappa shape index (κ1) is 9.52. The number of aliphatic hydroxyl groups excluding tert-OH is 1. The summed E-state index contributed by atoms with van der Waals surface area (Å²) < 4.78 is 0. The summed E-state index contributed by atoms with van der Waals surface area (Å²) >= 11 is 2.00. The van der Waals surface area contributed by atoms with Gasteiger partial charge in [0.25, 0.3) is 0 Å². The highest BCUT2D eigenvalue weighted by Gasteiger charge is 1.97. The summed E-state index contributed by atoms with van der Waals surface area (Å²) in [7, 11) is 0. The van der Waals surface area contributed by atoms with E-state index in [9.17, 15) is 4.79 Å². The van der Waals surface area contributed by atoms with Gasteiger partial charge in [-0.05, 0) is 0 Å². The number of rotatable bonds is 2. The molecule has 1 heterocycles. The van der Waals surface area contributed by atoms with Crippen molar-refractivity contribution in [3.8, 4) is 0 Å². The second-order valence-corrected chi connectivity index (χ2v) is 2.90. The van der Waals surface area contributed by atoms with Crippen LogP contribution in [0.25, 0.3) is 0 Å². The SMILES string of the molecule is C1CS1.C=C(CO)C(=O)O. The number of aliphatic carboxylic acids is 1. The molecule has 0 saturated carbocycles. The van der Waals surface area contributed by atoms with Gasteiger partial charge < -0.3 is 10.2 Å². The average Bonchev–Trinajstić information content (AvgIpc) is 2.70. The summed E-state index contributed by atoms with van der Waals surface area (Å²) in [4.78, 5) is 9.67. The number of hydrogen-bond acceptors (Lipinski definition) is 3. The van der Waals surface area contributed by atoms with Crippen molar-refractivity contribution in [3.05, 3.63) is 12.2 Å². The molecule has 1 aliphatic rings. The maximum atomic E-state index is 9.67. The largest absolute Gasteiger partial charge is 0.478 e. The van der Waals surface area contributed by atoms with Crippen LogP contribution in [0.3, 0.4) is 0 Å². The highest BCUT2D eigenvalue weighted by atomic mass is 32.2. The van der Waals surface area contributed by atoms with Gasteiger partial charge in [0.15, 0.2) is 0 Å². The van der Waals surface area contributed by atoms with Crippen LogP contribution in [0.1, 0.15) is 0 Å². The standard InChI is InChI=1S/C4H6O3.C2H4S/c1-3(2-5)4(6)7;1-2-3-1/h5H,1-2H2,(H,6,7);1-2H2. The lowest BCUT2D eigenvalue weighted by Gasteiger charge is -1.87. The second-order valence-electron chi connectivity index (χ2n) is 1.68. The zero-order valence-corrected chi connectivity index (χ0v) is 6.36. The van der Waals surface area contributed by atoms with E-state index in [0.29, 0.717) is 0 Å². The van der Waals surface area contributed by atoms with Gasteiger partial charge in [0.1, 0.15) is 0 Å². The Morgan fingerprint density at radius 2 is 2.00 bits per heavy atom. The molecule has 1 rings (SSSR count). The molecule has 0 radical (unpaired) electrons. The molecule has 58 valence electrons. The molecule has 0 aromatic carbocycles. The fraction of sp³-hybridized carbons (Fsp3) is 0.500. The molecule has 0 atom stereocenters. The Hall–Kier alpha value is -0.480. The molecular weight excluding hydrogens is 152 g/mol. The summed E-state index contributed by atoms with van der Waals surface area (Å²) in [5.74, 6) is 1.68. The first-order valence-corrected chi connectivity index (χ1v) is 3.93. The number of thioether (sulfide) groups is 1. The van der Waals surface area contributed by atoms with Crippen molar-refractivity contribution < 1.29 is 15.0 Å². The molecule has 4 heteroatoms.